The zero-order valence-electron chi connectivity index (χ0n) is 11.2. The molecule has 0 radical (unpaired) electrons. The number of anilines is 1. The third-order valence-corrected chi connectivity index (χ3v) is 3.30. The van der Waals surface area contributed by atoms with Gasteiger partial charge in [-0.05, 0) is 19.1 Å². The zero-order chi connectivity index (χ0) is 14.5. The van der Waals surface area contributed by atoms with Crippen molar-refractivity contribution in [3.8, 4) is 6.07 Å². The highest BCUT2D eigenvalue weighted by Crippen LogP contribution is 2.14. The summed E-state index contributed by atoms with van der Waals surface area (Å²) >= 11 is 0. The average Bonchev–Trinajstić information content (AvgIpc) is 2.47. The molecule has 1 aliphatic rings. The van der Waals surface area contributed by atoms with Crippen molar-refractivity contribution in [3.63, 3.8) is 0 Å². The molecule has 6 nitrogen and oxygen atoms in total. The molecule has 2 N–H and O–H groups in total. The van der Waals surface area contributed by atoms with Crippen molar-refractivity contribution in [2.45, 2.75) is 13.0 Å². The van der Waals surface area contributed by atoms with E-state index in [1.807, 2.05) is 11.0 Å². The van der Waals surface area contributed by atoms with E-state index in [-0.39, 0.29) is 18.4 Å². The van der Waals surface area contributed by atoms with Gasteiger partial charge in [-0.2, -0.15) is 5.26 Å². The molecule has 0 aliphatic carbocycles. The van der Waals surface area contributed by atoms with Crippen LogP contribution in [-0.4, -0.2) is 42.4 Å². The quantitative estimate of drug-likeness (QED) is 0.829. The first-order valence-corrected chi connectivity index (χ1v) is 6.42. The maximum atomic E-state index is 12.2. The molecule has 0 unspecified atom stereocenters. The summed E-state index contributed by atoms with van der Waals surface area (Å²) in [6.07, 6.45) is 0. The summed E-state index contributed by atoms with van der Waals surface area (Å²) in [4.78, 5) is 25.3. The maximum absolute atomic E-state index is 12.2. The van der Waals surface area contributed by atoms with Gasteiger partial charge in [0, 0.05) is 13.1 Å². The molecule has 1 atom stereocenters. The second kappa shape index (κ2) is 6.17. The Hall–Kier alpha value is -2.39. The van der Waals surface area contributed by atoms with E-state index in [4.69, 9.17) is 5.26 Å². The van der Waals surface area contributed by atoms with E-state index in [0.29, 0.717) is 24.3 Å². The van der Waals surface area contributed by atoms with Crippen molar-refractivity contribution in [3.05, 3.63) is 29.8 Å². The van der Waals surface area contributed by atoms with E-state index in [9.17, 15) is 9.59 Å². The molecule has 0 bridgehead atoms. The summed E-state index contributed by atoms with van der Waals surface area (Å²) < 4.78 is 0. The van der Waals surface area contributed by atoms with Crippen LogP contribution in [0.1, 0.15) is 12.5 Å². The monoisotopic (exact) mass is 272 g/mol. The molecule has 1 aromatic rings. The standard InChI is InChI=1S/C14H16N4O2/c1-10(18-7-6-16-13(19)9-18)14(20)17-12-5-3-2-4-11(12)8-15/h2-5,10H,6-7,9H2,1H3,(H,16,19)(H,17,20)/t10-/m0/s1. The van der Waals surface area contributed by atoms with E-state index in [1.54, 1.807) is 31.2 Å². The number of piperazine rings is 1. The Morgan fingerprint density at radius 1 is 1.50 bits per heavy atom. The number of benzene rings is 1. The molecule has 1 fully saturated rings. The van der Waals surface area contributed by atoms with Crippen LogP contribution in [0.25, 0.3) is 0 Å². The van der Waals surface area contributed by atoms with Crippen LogP contribution in [0.4, 0.5) is 5.69 Å². The second-order valence-electron chi connectivity index (χ2n) is 4.64. The number of nitrogens with one attached hydrogen (secondary N) is 2. The number of carbonyl (C=O) groups excluding carboxylic acids is 2. The smallest absolute Gasteiger partial charge is 0.241 e. The van der Waals surface area contributed by atoms with Gasteiger partial charge in [0.25, 0.3) is 0 Å². The Morgan fingerprint density at radius 2 is 2.25 bits per heavy atom. The van der Waals surface area contributed by atoms with Crippen molar-refractivity contribution < 1.29 is 9.59 Å². The van der Waals surface area contributed by atoms with Crippen molar-refractivity contribution >= 4 is 17.5 Å². The first-order chi connectivity index (χ1) is 9.61. The fraction of sp³-hybridized carbons (Fsp3) is 0.357. The van der Waals surface area contributed by atoms with Crippen molar-refractivity contribution in [2.24, 2.45) is 0 Å². The second-order valence-corrected chi connectivity index (χ2v) is 4.64. The lowest BCUT2D eigenvalue weighted by molar-refractivity contribution is -0.127. The van der Waals surface area contributed by atoms with Gasteiger partial charge in [-0.25, -0.2) is 0 Å². The SMILES string of the molecule is C[C@@H](C(=O)Nc1ccccc1C#N)N1CCNC(=O)C1. The number of amides is 2. The number of nitrogens with zero attached hydrogens (tertiary/aromatic N) is 2. The fourth-order valence-electron chi connectivity index (χ4n) is 2.08. The van der Waals surface area contributed by atoms with E-state index in [1.165, 1.54) is 0 Å². The van der Waals surface area contributed by atoms with Crippen molar-refractivity contribution in [1.82, 2.24) is 10.2 Å². The summed E-state index contributed by atoms with van der Waals surface area (Å²) in [5.41, 5.74) is 0.915. The maximum Gasteiger partial charge on any atom is 0.241 e. The van der Waals surface area contributed by atoms with Crippen LogP contribution >= 0.6 is 0 Å². The molecule has 0 spiro atoms. The van der Waals surface area contributed by atoms with Crippen LogP contribution < -0.4 is 10.6 Å². The van der Waals surface area contributed by atoms with Gasteiger partial charge in [-0.15, -0.1) is 0 Å². The normalized spacial score (nSPS) is 16.9. The number of para-hydroxylation sites is 1. The summed E-state index contributed by atoms with van der Waals surface area (Å²) in [7, 11) is 0. The third-order valence-electron chi connectivity index (χ3n) is 3.30. The van der Waals surface area contributed by atoms with Gasteiger partial charge in [-0.3, -0.25) is 14.5 Å². The minimum Gasteiger partial charge on any atom is -0.354 e. The molecule has 0 aromatic heterocycles. The summed E-state index contributed by atoms with van der Waals surface area (Å²) in [5.74, 6) is -0.296. The van der Waals surface area contributed by atoms with Gasteiger partial charge in [-0.1, -0.05) is 12.1 Å². The largest absolute Gasteiger partial charge is 0.354 e. The van der Waals surface area contributed by atoms with Crippen molar-refractivity contribution in [2.75, 3.05) is 25.0 Å². The van der Waals surface area contributed by atoms with Gasteiger partial charge < -0.3 is 10.6 Å². The molecule has 2 amide bonds. The molecule has 1 heterocycles. The molecule has 1 aromatic carbocycles. The molecule has 104 valence electrons. The predicted molar refractivity (Wildman–Crippen MR) is 73.8 cm³/mol. The predicted octanol–water partition coefficient (Wildman–Crippen LogP) is 0.317. The Balaban J connectivity index is 2.04. The first-order valence-electron chi connectivity index (χ1n) is 6.42. The summed E-state index contributed by atoms with van der Waals surface area (Å²) in [6, 6.07) is 8.45. The summed E-state index contributed by atoms with van der Waals surface area (Å²) in [6.45, 7) is 3.16. The number of carbonyl (C=O) groups is 2. The average molecular weight is 272 g/mol. The molecular formula is C14H16N4O2. The Morgan fingerprint density at radius 3 is 2.95 bits per heavy atom. The van der Waals surface area contributed by atoms with Crippen LogP contribution in [-0.2, 0) is 9.59 Å². The van der Waals surface area contributed by atoms with Crippen molar-refractivity contribution in [1.29, 1.82) is 5.26 Å². The summed E-state index contributed by atoms with van der Waals surface area (Å²) in [5, 5.41) is 14.4. The van der Waals surface area contributed by atoms with Gasteiger partial charge in [0.05, 0.1) is 23.8 Å². The number of rotatable bonds is 3. The Kier molecular flexibility index (Phi) is 4.33. The van der Waals surface area contributed by atoms with Crippen LogP contribution in [0.15, 0.2) is 24.3 Å². The highest BCUT2D eigenvalue weighted by molar-refractivity contribution is 5.96. The zero-order valence-corrected chi connectivity index (χ0v) is 11.2. The number of nitriles is 1. The molecule has 1 aliphatic heterocycles. The van der Waals surface area contributed by atoms with Crippen LogP contribution in [0.5, 0.6) is 0 Å². The van der Waals surface area contributed by atoms with Gasteiger partial charge in [0.15, 0.2) is 0 Å². The lowest BCUT2D eigenvalue weighted by Crippen LogP contribution is -2.53. The van der Waals surface area contributed by atoms with E-state index in [0.717, 1.165) is 0 Å². The highest BCUT2D eigenvalue weighted by atomic mass is 16.2. The molecule has 6 heteroatoms. The van der Waals surface area contributed by atoms with Gasteiger partial charge in [0.2, 0.25) is 11.8 Å². The number of hydrogen-bond donors (Lipinski definition) is 2. The van der Waals surface area contributed by atoms with E-state index < -0.39 is 6.04 Å². The highest BCUT2D eigenvalue weighted by Gasteiger charge is 2.26. The van der Waals surface area contributed by atoms with Gasteiger partial charge >= 0.3 is 0 Å². The van der Waals surface area contributed by atoms with E-state index in [2.05, 4.69) is 10.6 Å². The molecule has 0 saturated carbocycles. The Labute approximate surface area is 117 Å². The first kappa shape index (κ1) is 14.0. The molecule has 20 heavy (non-hydrogen) atoms. The van der Waals surface area contributed by atoms with E-state index >= 15 is 0 Å². The molecule has 1 saturated heterocycles. The molecular weight excluding hydrogens is 256 g/mol. The minimum atomic E-state index is -0.423. The fourth-order valence-corrected chi connectivity index (χ4v) is 2.08. The van der Waals surface area contributed by atoms with Crippen LogP contribution in [0.3, 0.4) is 0 Å². The minimum absolute atomic E-state index is 0.0756. The topological polar surface area (TPSA) is 85.2 Å². The third kappa shape index (κ3) is 3.13. The van der Waals surface area contributed by atoms with Crippen LogP contribution in [0, 0.1) is 11.3 Å². The Bertz CT molecular complexity index is 565. The van der Waals surface area contributed by atoms with Gasteiger partial charge in [0.1, 0.15) is 6.07 Å². The molecule has 2 rings (SSSR count). The lowest BCUT2D eigenvalue weighted by atomic mass is 10.1. The number of hydrogen-bond acceptors (Lipinski definition) is 4. The lowest BCUT2D eigenvalue weighted by Gasteiger charge is -2.31. The van der Waals surface area contributed by atoms with Crippen LogP contribution in [0.2, 0.25) is 0 Å².